The molecule has 9 heteroatoms. The molecule has 2 aromatic rings. The van der Waals surface area contributed by atoms with Crippen molar-refractivity contribution in [2.24, 2.45) is 0 Å². The predicted octanol–water partition coefficient (Wildman–Crippen LogP) is 1.39. The highest BCUT2D eigenvalue weighted by molar-refractivity contribution is 7.92. The van der Waals surface area contributed by atoms with Gasteiger partial charge in [0.2, 0.25) is 0 Å². The van der Waals surface area contributed by atoms with E-state index in [4.69, 9.17) is 11.6 Å². The Labute approximate surface area is 130 Å². The first-order chi connectivity index (χ1) is 9.94. The molecule has 0 bridgehead atoms. The fourth-order valence-corrected chi connectivity index (χ4v) is 4.43. The Morgan fingerprint density at radius 1 is 1.43 bits per heavy atom. The van der Waals surface area contributed by atoms with Crippen LogP contribution in [0.4, 0.5) is 0 Å². The Bertz CT molecular complexity index is 777. The van der Waals surface area contributed by atoms with Crippen molar-refractivity contribution in [1.82, 2.24) is 15.3 Å². The molecular weight excluding hydrogens is 334 g/mol. The average Bonchev–Trinajstić information content (AvgIpc) is 2.80. The van der Waals surface area contributed by atoms with E-state index >= 15 is 0 Å². The van der Waals surface area contributed by atoms with Crippen LogP contribution < -0.4 is 5.32 Å². The molecule has 0 saturated carbocycles. The van der Waals surface area contributed by atoms with Crippen molar-refractivity contribution < 1.29 is 13.2 Å². The van der Waals surface area contributed by atoms with E-state index in [-0.39, 0.29) is 27.6 Å². The van der Waals surface area contributed by atoms with E-state index in [0.29, 0.717) is 5.01 Å². The molecular formula is C12H10ClN3O3S2. The SMILES string of the molecule is O=C(NC1CS(=O)(=O)C1)c1sc(-c2cccnc2)nc1Cl. The van der Waals surface area contributed by atoms with Crippen LogP contribution in [0.3, 0.4) is 0 Å². The second kappa shape index (κ2) is 5.36. The van der Waals surface area contributed by atoms with Gasteiger partial charge in [-0.05, 0) is 12.1 Å². The molecule has 1 aliphatic heterocycles. The Hall–Kier alpha value is -1.51. The summed E-state index contributed by atoms with van der Waals surface area (Å²) in [6, 6.07) is 3.24. The number of hydrogen-bond donors (Lipinski definition) is 1. The van der Waals surface area contributed by atoms with Gasteiger partial charge in [-0.15, -0.1) is 11.3 Å². The van der Waals surface area contributed by atoms with Crippen LogP contribution in [0.1, 0.15) is 9.67 Å². The van der Waals surface area contributed by atoms with Crippen LogP contribution in [0, 0.1) is 0 Å². The molecule has 1 fully saturated rings. The summed E-state index contributed by atoms with van der Waals surface area (Å²) in [5.41, 5.74) is 0.773. The number of rotatable bonds is 3. The number of nitrogens with one attached hydrogen (secondary N) is 1. The Morgan fingerprint density at radius 3 is 2.81 bits per heavy atom. The third-order valence-electron chi connectivity index (χ3n) is 2.95. The number of sulfone groups is 1. The third-order valence-corrected chi connectivity index (χ3v) is 6.26. The number of pyridine rings is 1. The van der Waals surface area contributed by atoms with Crippen LogP contribution in [-0.2, 0) is 9.84 Å². The van der Waals surface area contributed by atoms with Crippen LogP contribution in [0.2, 0.25) is 5.15 Å². The molecule has 0 atom stereocenters. The lowest BCUT2D eigenvalue weighted by molar-refractivity contribution is 0.0946. The van der Waals surface area contributed by atoms with E-state index in [9.17, 15) is 13.2 Å². The van der Waals surface area contributed by atoms with Crippen LogP contribution in [0.5, 0.6) is 0 Å². The first kappa shape index (κ1) is 14.4. The first-order valence-corrected chi connectivity index (χ1v) is 9.04. The van der Waals surface area contributed by atoms with Gasteiger partial charge in [-0.3, -0.25) is 9.78 Å². The molecule has 3 heterocycles. The highest BCUT2D eigenvalue weighted by Gasteiger charge is 2.35. The number of amides is 1. The van der Waals surface area contributed by atoms with Crippen molar-refractivity contribution in [3.8, 4) is 10.6 Å². The summed E-state index contributed by atoms with van der Waals surface area (Å²) in [6.45, 7) is 0. The Balaban J connectivity index is 1.77. The minimum atomic E-state index is -2.97. The molecule has 0 radical (unpaired) electrons. The number of carbonyl (C=O) groups is 1. The molecule has 3 rings (SSSR count). The average molecular weight is 344 g/mol. The lowest BCUT2D eigenvalue weighted by Gasteiger charge is -2.26. The van der Waals surface area contributed by atoms with Gasteiger partial charge in [-0.1, -0.05) is 11.6 Å². The largest absolute Gasteiger partial charge is 0.346 e. The van der Waals surface area contributed by atoms with E-state index in [1.165, 1.54) is 0 Å². The van der Waals surface area contributed by atoms with Crippen molar-refractivity contribution in [3.63, 3.8) is 0 Å². The second-order valence-electron chi connectivity index (χ2n) is 4.63. The van der Waals surface area contributed by atoms with E-state index in [0.717, 1.165) is 16.9 Å². The lowest BCUT2D eigenvalue weighted by Crippen LogP contribution is -2.52. The quantitative estimate of drug-likeness (QED) is 0.909. The van der Waals surface area contributed by atoms with Gasteiger partial charge < -0.3 is 5.32 Å². The van der Waals surface area contributed by atoms with Crippen LogP contribution in [-0.4, -0.2) is 41.8 Å². The molecule has 0 aliphatic carbocycles. The first-order valence-electron chi connectivity index (χ1n) is 6.02. The molecule has 6 nitrogen and oxygen atoms in total. The fraction of sp³-hybridized carbons (Fsp3) is 0.250. The topological polar surface area (TPSA) is 89.0 Å². The molecule has 0 spiro atoms. The summed E-state index contributed by atoms with van der Waals surface area (Å²) in [7, 11) is -2.97. The van der Waals surface area contributed by atoms with Gasteiger partial charge in [-0.2, -0.15) is 0 Å². The van der Waals surface area contributed by atoms with Crippen molar-refractivity contribution in [3.05, 3.63) is 34.6 Å². The van der Waals surface area contributed by atoms with Gasteiger partial charge in [0.05, 0.1) is 17.5 Å². The third kappa shape index (κ3) is 3.07. The van der Waals surface area contributed by atoms with Gasteiger partial charge in [0.15, 0.2) is 15.0 Å². The van der Waals surface area contributed by atoms with E-state index < -0.39 is 15.7 Å². The fourth-order valence-electron chi connectivity index (χ4n) is 1.95. The minimum Gasteiger partial charge on any atom is -0.346 e. The number of halogens is 1. The standard InChI is InChI=1S/C12H10ClN3O3S2/c13-10-9(11(17)15-8-5-21(18,19)6-8)20-12(16-10)7-2-1-3-14-4-7/h1-4,8H,5-6H2,(H,15,17). The molecule has 1 N–H and O–H groups in total. The zero-order valence-corrected chi connectivity index (χ0v) is 13.0. The van der Waals surface area contributed by atoms with Gasteiger partial charge in [0.1, 0.15) is 9.88 Å². The molecule has 1 saturated heterocycles. The van der Waals surface area contributed by atoms with Crippen LogP contribution in [0.15, 0.2) is 24.5 Å². The maximum atomic E-state index is 12.1. The van der Waals surface area contributed by atoms with Crippen LogP contribution >= 0.6 is 22.9 Å². The smallest absolute Gasteiger partial charge is 0.264 e. The normalized spacial score (nSPS) is 17.2. The van der Waals surface area contributed by atoms with Crippen LogP contribution in [0.25, 0.3) is 10.6 Å². The lowest BCUT2D eigenvalue weighted by atomic mass is 10.3. The summed E-state index contributed by atoms with van der Waals surface area (Å²) in [5, 5.41) is 3.35. The van der Waals surface area contributed by atoms with Gasteiger partial charge in [0, 0.05) is 18.0 Å². The molecule has 0 aromatic carbocycles. The van der Waals surface area contributed by atoms with Gasteiger partial charge in [-0.25, -0.2) is 13.4 Å². The van der Waals surface area contributed by atoms with Gasteiger partial charge >= 0.3 is 0 Å². The molecule has 110 valence electrons. The predicted molar refractivity (Wildman–Crippen MR) is 80.3 cm³/mol. The monoisotopic (exact) mass is 343 g/mol. The Kier molecular flexibility index (Phi) is 3.68. The number of carbonyl (C=O) groups excluding carboxylic acids is 1. The Morgan fingerprint density at radius 2 is 2.19 bits per heavy atom. The van der Waals surface area contributed by atoms with E-state index in [1.807, 2.05) is 6.07 Å². The summed E-state index contributed by atoms with van der Waals surface area (Å²) in [5.74, 6) is -0.442. The zero-order valence-electron chi connectivity index (χ0n) is 10.6. The molecule has 21 heavy (non-hydrogen) atoms. The van der Waals surface area contributed by atoms with Crippen molar-refractivity contribution in [2.45, 2.75) is 6.04 Å². The second-order valence-corrected chi connectivity index (χ2v) is 8.14. The zero-order chi connectivity index (χ0) is 15.0. The number of hydrogen-bond acceptors (Lipinski definition) is 6. The highest BCUT2D eigenvalue weighted by atomic mass is 35.5. The summed E-state index contributed by atoms with van der Waals surface area (Å²) < 4.78 is 22.2. The van der Waals surface area contributed by atoms with Crippen molar-refractivity contribution in [1.29, 1.82) is 0 Å². The molecule has 1 aliphatic rings. The van der Waals surface area contributed by atoms with Gasteiger partial charge in [0.25, 0.3) is 5.91 Å². The summed E-state index contributed by atoms with van der Waals surface area (Å²) in [6.07, 6.45) is 3.28. The number of nitrogens with zero attached hydrogens (tertiary/aromatic N) is 2. The van der Waals surface area contributed by atoms with Crippen molar-refractivity contribution in [2.75, 3.05) is 11.5 Å². The number of thiazole rings is 1. The molecule has 2 aromatic heterocycles. The maximum Gasteiger partial charge on any atom is 0.264 e. The molecule has 1 amide bonds. The van der Waals surface area contributed by atoms with E-state index in [1.54, 1.807) is 18.5 Å². The van der Waals surface area contributed by atoms with Crippen molar-refractivity contribution >= 4 is 38.7 Å². The molecule has 0 unspecified atom stereocenters. The number of aromatic nitrogens is 2. The maximum absolute atomic E-state index is 12.1. The van der Waals surface area contributed by atoms with E-state index in [2.05, 4.69) is 15.3 Å². The minimum absolute atomic E-state index is 0.0232. The summed E-state index contributed by atoms with van der Waals surface area (Å²) in [4.78, 5) is 20.5. The summed E-state index contributed by atoms with van der Waals surface area (Å²) >= 11 is 7.14. The highest BCUT2D eigenvalue weighted by Crippen LogP contribution is 2.30.